The summed E-state index contributed by atoms with van der Waals surface area (Å²) < 4.78 is 1.59. The first-order valence-corrected chi connectivity index (χ1v) is 5.89. The van der Waals surface area contributed by atoms with Gasteiger partial charge in [0.2, 0.25) is 5.91 Å². The Hall–Kier alpha value is -1.67. The quantitative estimate of drug-likeness (QED) is 0.544. The number of nitrogens with zero attached hydrogens (tertiary/aromatic N) is 4. The minimum absolute atomic E-state index is 0.00938. The molecule has 0 aromatic carbocycles. The Bertz CT molecular complexity index is 541. The number of amides is 1. The van der Waals surface area contributed by atoms with Gasteiger partial charge in [0.05, 0.1) is 30.5 Å². The predicted octanol–water partition coefficient (Wildman–Crippen LogP) is -0.604. The highest BCUT2D eigenvalue weighted by Gasteiger charge is 2.10. The number of aromatic nitrogens is 4. The first-order valence-electron chi connectivity index (χ1n) is 4.91. The number of carbonyl (C=O) groups is 1. The first kappa shape index (κ1) is 11.8. The van der Waals surface area contributed by atoms with E-state index in [1.165, 1.54) is 18.1 Å². The van der Waals surface area contributed by atoms with Crippen LogP contribution in [0, 0.1) is 0 Å². The van der Waals surface area contributed by atoms with E-state index in [9.17, 15) is 4.79 Å². The number of rotatable bonds is 5. The van der Waals surface area contributed by atoms with Crippen molar-refractivity contribution in [2.24, 2.45) is 5.73 Å². The van der Waals surface area contributed by atoms with Gasteiger partial charge in [-0.1, -0.05) is 11.8 Å². The topological polar surface area (TPSA) is 107 Å². The molecule has 0 fully saturated rings. The molecule has 2 aromatic rings. The number of aliphatic hydroxyl groups excluding tert-OH is 1. The molecule has 0 aliphatic rings. The minimum atomic E-state index is -0.399. The summed E-state index contributed by atoms with van der Waals surface area (Å²) in [6, 6.07) is 0. The molecule has 0 atom stereocenters. The van der Waals surface area contributed by atoms with Crippen molar-refractivity contribution < 1.29 is 9.90 Å². The number of aliphatic hydroxyl groups is 1. The predicted molar refractivity (Wildman–Crippen MR) is 62.3 cm³/mol. The fourth-order valence-electron chi connectivity index (χ4n) is 1.38. The van der Waals surface area contributed by atoms with Gasteiger partial charge in [-0.15, -0.1) is 0 Å². The van der Waals surface area contributed by atoms with Crippen molar-refractivity contribution in [1.82, 2.24) is 19.7 Å². The van der Waals surface area contributed by atoms with Crippen LogP contribution in [0.25, 0.3) is 11.0 Å². The maximum Gasteiger partial charge on any atom is 0.227 e. The van der Waals surface area contributed by atoms with Crippen LogP contribution in [0.5, 0.6) is 0 Å². The molecule has 0 unspecified atom stereocenters. The van der Waals surface area contributed by atoms with Crippen LogP contribution >= 0.6 is 11.8 Å². The lowest BCUT2D eigenvalue weighted by Gasteiger charge is -2.01. The third kappa shape index (κ3) is 2.53. The van der Waals surface area contributed by atoms with Gasteiger partial charge in [-0.05, 0) is 0 Å². The molecule has 0 saturated carbocycles. The number of primary amides is 1. The summed E-state index contributed by atoms with van der Waals surface area (Å²) >= 11 is 1.25. The summed E-state index contributed by atoms with van der Waals surface area (Å²) in [5.74, 6) is -0.235. The lowest BCUT2D eigenvalue weighted by Crippen LogP contribution is -2.13. The van der Waals surface area contributed by atoms with Crippen molar-refractivity contribution in [1.29, 1.82) is 0 Å². The fourth-order valence-corrected chi connectivity index (χ4v) is 2.08. The van der Waals surface area contributed by atoms with Gasteiger partial charge in [0, 0.05) is 0 Å². The number of hydrogen-bond donors (Lipinski definition) is 2. The van der Waals surface area contributed by atoms with E-state index in [0.717, 1.165) is 5.39 Å². The largest absolute Gasteiger partial charge is 0.394 e. The van der Waals surface area contributed by atoms with E-state index in [0.29, 0.717) is 17.2 Å². The smallest absolute Gasteiger partial charge is 0.227 e. The molecule has 0 spiro atoms. The molecule has 90 valence electrons. The molecule has 3 N–H and O–H groups in total. The molecule has 8 heteroatoms. The molecule has 0 aliphatic carbocycles. The maximum absolute atomic E-state index is 10.7. The zero-order valence-corrected chi connectivity index (χ0v) is 9.72. The second-order valence-electron chi connectivity index (χ2n) is 3.26. The Balaban J connectivity index is 2.34. The van der Waals surface area contributed by atoms with Crippen molar-refractivity contribution in [2.45, 2.75) is 11.6 Å². The van der Waals surface area contributed by atoms with Crippen LogP contribution in [-0.2, 0) is 11.3 Å². The molecular formula is C9H11N5O2S. The molecule has 0 aliphatic heterocycles. The lowest BCUT2D eigenvalue weighted by atomic mass is 10.4. The normalized spacial score (nSPS) is 10.9. The molecule has 7 nitrogen and oxygen atoms in total. The third-order valence-corrected chi connectivity index (χ3v) is 3.09. The highest BCUT2D eigenvalue weighted by atomic mass is 32.2. The van der Waals surface area contributed by atoms with Crippen molar-refractivity contribution >= 4 is 28.7 Å². The fraction of sp³-hybridized carbons (Fsp3) is 0.333. The summed E-state index contributed by atoms with van der Waals surface area (Å²) in [5, 5.41) is 14.4. The Labute approximate surface area is 101 Å². The molecule has 2 rings (SSSR count). The first-order chi connectivity index (χ1) is 8.22. The second-order valence-corrected chi connectivity index (χ2v) is 4.23. The van der Waals surface area contributed by atoms with Crippen LogP contribution in [0.15, 0.2) is 17.6 Å². The standard InChI is InChI=1S/C9H11N5O2S/c10-7(16)4-17-9-6-3-13-14(1-2-15)8(6)11-5-12-9/h3,5,15H,1-2,4H2,(H2,10,16). The van der Waals surface area contributed by atoms with E-state index >= 15 is 0 Å². The number of thioether (sulfide) groups is 1. The molecule has 17 heavy (non-hydrogen) atoms. The third-order valence-electron chi connectivity index (χ3n) is 2.06. The van der Waals surface area contributed by atoms with E-state index in [1.54, 1.807) is 10.9 Å². The van der Waals surface area contributed by atoms with Gasteiger partial charge in [-0.2, -0.15) is 5.10 Å². The molecular weight excluding hydrogens is 242 g/mol. The SMILES string of the molecule is NC(=O)CSc1ncnc2c1cnn2CCO. The molecule has 0 radical (unpaired) electrons. The van der Waals surface area contributed by atoms with Gasteiger partial charge in [0.25, 0.3) is 0 Å². The Morgan fingerprint density at radius 1 is 1.53 bits per heavy atom. The van der Waals surface area contributed by atoms with Crippen LogP contribution in [0.3, 0.4) is 0 Å². The van der Waals surface area contributed by atoms with Crippen molar-refractivity contribution in [2.75, 3.05) is 12.4 Å². The highest BCUT2D eigenvalue weighted by Crippen LogP contribution is 2.23. The van der Waals surface area contributed by atoms with Crippen LogP contribution in [0.4, 0.5) is 0 Å². The van der Waals surface area contributed by atoms with E-state index < -0.39 is 5.91 Å². The van der Waals surface area contributed by atoms with Crippen molar-refractivity contribution in [3.8, 4) is 0 Å². The lowest BCUT2D eigenvalue weighted by molar-refractivity contribution is -0.115. The molecule has 2 aromatic heterocycles. The molecule has 0 bridgehead atoms. The Morgan fingerprint density at radius 3 is 3.06 bits per heavy atom. The van der Waals surface area contributed by atoms with E-state index in [1.807, 2.05) is 0 Å². The summed E-state index contributed by atoms with van der Waals surface area (Å²) in [5.41, 5.74) is 5.72. The average molecular weight is 253 g/mol. The summed E-state index contributed by atoms with van der Waals surface area (Å²) in [6.07, 6.45) is 3.02. The number of hydrogen-bond acceptors (Lipinski definition) is 6. The van der Waals surface area contributed by atoms with Crippen molar-refractivity contribution in [3.05, 3.63) is 12.5 Å². The van der Waals surface area contributed by atoms with Gasteiger partial charge in [0.15, 0.2) is 5.65 Å². The number of carbonyl (C=O) groups excluding carboxylic acids is 1. The van der Waals surface area contributed by atoms with Crippen molar-refractivity contribution in [3.63, 3.8) is 0 Å². The summed E-state index contributed by atoms with van der Waals surface area (Å²) in [6.45, 7) is 0.366. The Kier molecular flexibility index (Phi) is 3.55. The van der Waals surface area contributed by atoms with Gasteiger partial charge < -0.3 is 10.8 Å². The van der Waals surface area contributed by atoms with E-state index in [2.05, 4.69) is 15.1 Å². The van der Waals surface area contributed by atoms with Gasteiger partial charge in [-0.3, -0.25) is 4.79 Å². The zero-order valence-electron chi connectivity index (χ0n) is 8.91. The van der Waals surface area contributed by atoms with Gasteiger partial charge in [-0.25, -0.2) is 14.6 Å². The van der Waals surface area contributed by atoms with Crippen LogP contribution in [0.1, 0.15) is 0 Å². The zero-order chi connectivity index (χ0) is 12.3. The Morgan fingerprint density at radius 2 is 2.35 bits per heavy atom. The molecule has 2 heterocycles. The van der Waals surface area contributed by atoms with Crippen LogP contribution in [0.2, 0.25) is 0 Å². The molecule has 0 saturated heterocycles. The summed E-state index contributed by atoms with van der Waals surface area (Å²) in [4.78, 5) is 18.9. The number of nitrogens with two attached hydrogens (primary N) is 1. The highest BCUT2D eigenvalue weighted by molar-refractivity contribution is 8.00. The second kappa shape index (κ2) is 5.11. The molecule has 1 amide bonds. The minimum Gasteiger partial charge on any atom is -0.394 e. The summed E-state index contributed by atoms with van der Waals surface area (Å²) in [7, 11) is 0. The van der Waals surface area contributed by atoms with E-state index in [-0.39, 0.29) is 12.4 Å². The van der Waals surface area contributed by atoms with E-state index in [4.69, 9.17) is 10.8 Å². The monoisotopic (exact) mass is 253 g/mol. The average Bonchev–Trinajstić information content (AvgIpc) is 2.71. The van der Waals surface area contributed by atoms with Gasteiger partial charge in [0.1, 0.15) is 11.4 Å². The van der Waals surface area contributed by atoms with Crippen LogP contribution < -0.4 is 5.73 Å². The van der Waals surface area contributed by atoms with Crippen LogP contribution in [-0.4, -0.2) is 43.1 Å². The maximum atomic E-state index is 10.7. The van der Waals surface area contributed by atoms with Gasteiger partial charge >= 0.3 is 0 Å². The number of fused-ring (bicyclic) bond motifs is 1.